The number of hydrogen-bond donors (Lipinski definition) is 1. The zero-order valence-electron chi connectivity index (χ0n) is 9.09. The summed E-state index contributed by atoms with van der Waals surface area (Å²) in [5.41, 5.74) is 0. The van der Waals surface area contributed by atoms with Crippen LogP contribution < -0.4 is 29.6 Å². The van der Waals surface area contributed by atoms with Gasteiger partial charge in [-0.05, 0) is 0 Å². The Balaban J connectivity index is -0.0000000245. The molecule has 1 N–H and O–H groups in total. The van der Waals surface area contributed by atoms with Gasteiger partial charge in [0.1, 0.15) is 0 Å². The first kappa shape index (κ1) is 17.3. The second-order valence-electron chi connectivity index (χ2n) is 1.09. The maximum Gasteiger partial charge on any atom is 2.00 e. The smallest absolute Gasteiger partial charge is 1.00 e. The van der Waals surface area contributed by atoms with E-state index in [0.29, 0.717) is 0 Å². The van der Waals surface area contributed by atoms with Crippen molar-refractivity contribution in [1.29, 1.82) is 0 Å². The molecule has 0 atom stereocenters. The van der Waals surface area contributed by atoms with Gasteiger partial charge in [-0.3, -0.25) is 4.79 Å². The third kappa shape index (κ3) is 11.9. The number of carboxylic acid groups (broad SMARTS) is 1. The van der Waals surface area contributed by atoms with Crippen LogP contribution in [0.4, 0.5) is 4.79 Å². The molecular formula is C4H9CaNaO4. The Kier molecular flexibility index (Phi) is 17.7. The summed E-state index contributed by atoms with van der Waals surface area (Å²) in [7, 11) is 0. The predicted octanol–water partition coefficient (Wildman–Crippen LogP) is -2.42. The summed E-state index contributed by atoms with van der Waals surface area (Å²) in [4.78, 5) is 19.5. The molecule has 0 bridgehead atoms. The van der Waals surface area contributed by atoms with E-state index in [1.54, 1.807) is 0 Å². The molecule has 0 fully saturated rings. The van der Waals surface area contributed by atoms with Crippen molar-refractivity contribution in [2.75, 3.05) is 0 Å². The molecule has 0 aromatic carbocycles. The predicted molar refractivity (Wildman–Crippen MR) is 33.5 cm³/mol. The van der Waals surface area contributed by atoms with Gasteiger partial charge in [-0.1, -0.05) is 6.92 Å². The van der Waals surface area contributed by atoms with Crippen molar-refractivity contribution in [2.45, 2.75) is 13.3 Å². The van der Waals surface area contributed by atoms with Gasteiger partial charge < -0.3 is 14.1 Å². The largest absolute Gasteiger partial charge is 2.00 e. The number of esters is 1. The molecule has 4 nitrogen and oxygen atoms in total. The van der Waals surface area contributed by atoms with Crippen LogP contribution in [0.1, 0.15) is 17.6 Å². The van der Waals surface area contributed by atoms with Crippen LogP contribution in [-0.4, -0.2) is 55.0 Å². The number of carbonyl (C=O) groups is 2. The molecular weight excluding hydrogens is 175 g/mol. The van der Waals surface area contributed by atoms with E-state index in [1.807, 2.05) is 0 Å². The second kappa shape index (κ2) is 10.2. The van der Waals surface area contributed by atoms with Crippen LogP contribution >= 0.6 is 0 Å². The maximum atomic E-state index is 10.0. The minimum absolute atomic E-state index is 0. The summed E-state index contributed by atoms with van der Waals surface area (Å²) in [5.74, 6) is -0.725. The fourth-order valence-electron chi connectivity index (χ4n) is 0.170. The fourth-order valence-corrected chi connectivity index (χ4v) is 0.170. The summed E-state index contributed by atoms with van der Waals surface area (Å²) in [6.07, 6.45) is -1.45. The van der Waals surface area contributed by atoms with E-state index in [1.165, 1.54) is 6.92 Å². The van der Waals surface area contributed by atoms with Crippen LogP contribution in [0.15, 0.2) is 0 Å². The normalized spacial score (nSPS) is 6.50. The Morgan fingerprint density at radius 1 is 1.60 bits per heavy atom. The van der Waals surface area contributed by atoms with E-state index in [2.05, 4.69) is 4.74 Å². The standard InChI is InChI=1S/C4H6O4.Ca.Na.3H/c1-2-3(5)8-4(6)7;;;;;/h2H2,1H3,(H,6,7);;;;;/q;+2;+1;3*-1. The first-order chi connectivity index (χ1) is 3.66. The number of rotatable bonds is 1. The molecule has 0 aliphatic heterocycles. The molecule has 0 spiro atoms. The Labute approximate surface area is 115 Å². The van der Waals surface area contributed by atoms with Crippen LogP contribution in [0.5, 0.6) is 0 Å². The number of hydrogen-bond acceptors (Lipinski definition) is 3. The van der Waals surface area contributed by atoms with Crippen LogP contribution in [-0.2, 0) is 9.53 Å². The summed E-state index contributed by atoms with van der Waals surface area (Å²) in [6.45, 7) is 1.52. The Morgan fingerprint density at radius 2 is 2.00 bits per heavy atom. The molecule has 0 aromatic heterocycles. The van der Waals surface area contributed by atoms with Crippen LogP contribution in [0.3, 0.4) is 0 Å². The topological polar surface area (TPSA) is 63.6 Å². The molecule has 0 radical (unpaired) electrons. The summed E-state index contributed by atoms with van der Waals surface area (Å²) in [5, 5.41) is 7.77. The molecule has 0 unspecified atom stereocenters. The van der Waals surface area contributed by atoms with E-state index >= 15 is 0 Å². The summed E-state index contributed by atoms with van der Waals surface area (Å²) < 4.78 is 3.68. The van der Waals surface area contributed by atoms with Gasteiger partial charge in [0.25, 0.3) is 0 Å². The quantitative estimate of drug-likeness (QED) is 0.280. The minimum atomic E-state index is -1.54. The van der Waals surface area contributed by atoms with Crippen LogP contribution in [0, 0.1) is 0 Å². The molecule has 52 valence electrons. The molecule has 0 aromatic rings. The van der Waals surface area contributed by atoms with Gasteiger partial charge in [0.2, 0.25) is 0 Å². The third-order valence-electron chi connectivity index (χ3n) is 0.490. The van der Waals surface area contributed by atoms with Crippen LogP contribution in [0.2, 0.25) is 0 Å². The molecule has 0 saturated heterocycles. The minimum Gasteiger partial charge on any atom is -1.00 e. The van der Waals surface area contributed by atoms with Gasteiger partial charge >= 0.3 is 79.4 Å². The number of ether oxygens (including phenoxy) is 1. The van der Waals surface area contributed by atoms with Crippen molar-refractivity contribution in [3.05, 3.63) is 0 Å². The molecule has 0 aliphatic carbocycles. The van der Waals surface area contributed by atoms with Crippen molar-refractivity contribution in [1.82, 2.24) is 0 Å². The van der Waals surface area contributed by atoms with E-state index < -0.39 is 12.1 Å². The third-order valence-corrected chi connectivity index (χ3v) is 0.490. The average molecular weight is 184 g/mol. The maximum absolute atomic E-state index is 10.0. The first-order valence-electron chi connectivity index (χ1n) is 2.10. The van der Waals surface area contributed by atoms with Crippen molar-refractivity contribution in [3.8, 4) is 0 Å². The molecule has 0 rings (SSSR count). The van der Waals surface area contributed by atoms with Crippen molar-refractivity contribution in [2.24, 2.45) is 0 Å². The van der Waals surface area contributed by atoms with E-state index in [-0.39, 0.29) is 78.0 Å². The Bertz CT molecular complexity index is 126. The Morgan fingerprint density at radius 3 is 2.10 bits per heavy atom. The molecule has 10 heavy (non-hydrogen) atoms. The molecule has 0 heterocycles. The van der Waals surface area contributed by atoms with Crippen molar-refractivity contribution in [3.63, 3.8) is 0 Å². The van der Waals surface area contributed by atoms with Gasteiger partial charge in [0, 0.05) is 6.42 Å². The van der Waals surface area contributed by atoms with E-state index in [4.69, 9.17) is 5.11 Å². The van der Waals surface area contributed by atoms with Crippen molar-refractivity contribution < 1.29 is 53.3 Å². The molecule has 6 heteroatoms. The number of carbonyl (C=O) groups excluding carboxylic acids is 1. The monoisotopic (exact) mass is 184 g/mol. The average Bonchev–Trinajstić information content (AvgIpc) is 1.65. The zero-order chi connectivity index (χ0) is 6.57. The molecule has 0 amide bonds. The Hall–Kier alpha value is 1.20. The van der Waals surface area contributed by atoms with Gasteiger partial charge in [0.05, 0.1) is 0 Å². The SMILES string of the molecule is CCC(=O)OC(=O)O.[Ca+2].[H-].[H-].[H-].[Na+]. The van der Waals surface area contributed by atoms with Gasteiger partial charge in [0.15, 0.2) is 0 Å². The second-order valence-corrected chi connectivity index (χ2v) is 1.09. The van der Waals surface area contributed by atoms with Gasteiger partial charge in [-0.2, -0.15) is 0 Å². The van der Waals surface area contributed by atoms with Crippen molar-refractivity contribution >= 4 is 49.9 Å². The van der Waals surface area contributed by atoms with Crippen LogP contribution in [0.25, 0.3) is 0 Å². The molecule has 0 saturated carbocycles. The van der Waals surface area contributed by atoms with Gasteiger partial charge in [-0.15, -0.1) is 0 Å². The first-order valence-corrected chi connectivity index (χ1v) is 2.10. The zero-order valence-corrected chi connectivity index (χ0v) is 10.3. The summed E-state index contributed by atoms with van der Waals surface area (Å²) >= 11 is 0. The van der Waals surface area contributed by atoms with E-state index in [0.717, 1.165) is 0 Å². The van der Waals surface area contributed by atoms with E-state index in [9.17, 15) is 9.59 Å². The molecule has 0 aliphatic rings. The van der Waals surface area contributed by atoms with Gasteiger partial charge in [-0.25, -0.2) is 4.79 Å². The fraction of sp³-hybridized carbons (Fsp3) is 0.500. The summed E-state index contributed by atoms with van der Waals surface area (Å²) in [6, 6.07) is 0.